The molecule has 5 heteroatoms. The van der Waals surface area contributed by atoms with E-state index in [0.29, 0.717) is 10.0 Å². The number of likely N-dealkylation sites (N-methyl/N-ethyl adjacent to an activating group) is 1. The molecule has 0 radical (unpaired) electrons. The van der Waals surface area contributed by atoms with Crippen molar-refractivity contribution in [3.8, 4) is 0 Å². The Balaban J connectivity index is 1.87. The fourth-order valence-electron chi connectivity index (χ4n) is 2.52. The summed E-state index contributed by atoms with van der Waals surface area (Å²) in [6.45, 7) is 10.6. The van der Waals surface area contributed by atoms with Crippen LogP contribution in [0.2, 0.25) is 10.0 Å². The molecule has 0 aliphatic carbocycles. The average Bonchev–Trinajstić information content (AvgIpc) is 2.86. The Labute approximate surface area is 136 Å². The van der Waals surface area contributed by atoms with E-state index in [9.17, 15) is 0 Å². The highest BCUT2D eigenvalue weighted by molar-refractivity contribution is 6.38. The molecular weight excluding hydrogens is 305 g/mol. The van der Waals surface area contributed by atoms with Crippen molar-refractivity contribution in [2.75, 3.05) is 32.7 Å². The maximum Gasteiger partial charge on any atom is 0.0514 e. The van der Waals surface area contributed by atoms with Crippen molar-refractivity contribution in [3.05, 3.63) is 34.4 Å². The third-order valence-electron chi connectivity index (χ3n) is 3.83. The highest BCUT2D eigenvalue weighted by Gasteiger charge is 2.06. The Morgan fingerprint density at radius 1 is 1.14 bits per heavy atom. The van der Waals surface area contributed by atoms with E-state index in [4.69, 9.17) is 23.2 Å². The van der Waals surface area contributed by atoms with Gasteiger partial charge < -0.3 is 14.8 Å². The zero-order chi connectivity index (χ0) is 15.2. The van der Waals surface area contributed by atoms with Crippen LogP contribution in [0.25, 0.3) is 10.9 Å². The molecule has 0 fully saturated rings. The third kappa shape index (κ3) is 4.36. The fraction of sp³-hybridized carbons (Fsp3) is 0.500. The van der Waals surface area contributed by atoms with Gasteiger partial charge >= 0.3 is 0 Å². The molecule has 3 nitrogen and oxygen atoms in total. The monoisotopic (exact) mass is 327 g/mol. The number of fused-ring (bicyclic) bond motifs is 1. The molecule has 1 aromatic heterocycles. The largest absolute Gasteiger partial charge is 0.346 e. The molecule has 1 aromatic carbocycles. The molecule has 1 heterocycles. The quantitative estimate of drug-likeness (QED) is 0.742. The Morgan fingerprint density at radius 2 is 1.90 bits per heavy atom. The number of hydrogen-bond donors (Lipinski definition) is 1. The molecule has 0 saturated heterocycles. The van der Waals surface area contributed by atoms with Crippen molar-refractivity contribution in [3.63, 3.8) is 0 Å². The lowest BCUT2D eigenvalue weighted by Gasteiger charge is -2.18. The second-order valence-electron chi connectivity index (χ2n) is 5.11. The Kier molecular flexibility index (Phi) is 6.37. The predicted octanol–water partition coefficient (Wildman–Crippen LogP) is 3.88. The molecular formula is C16H23Cl2N3. The molecule has 0 aliphatic heterocycles. The predicted molar refractivity (Wildman–Crippen MR) is 92.6 cm³/mol. The summed E-state index contributed by atoms with van der Waals surface area (Å²) >= 11 is 12.3. The molecule has 2 aromatic rings. The van der Waals surface area contributed by atoms with Crippen molar-refractivity contribution in [2.45, 2.75) is 20.4 Å². The molecule has 0 spiro atoms. The van der Waals surface area contributed by atoms with Crippen LogP contribution in [0.15, 0.2) is 24.4 Å². The van der Waals surface area contributed by atoms with E-state index in [1.165, 1.54) is 0 Å². The van der Waals surface area contributed by atoms with Crippen LogP contribution in [-0.2, 0) is 6.54 Å². The highest BCUT2D eigenvalue weighted by atomic mass is 35.5. The first-order valence-electron chi connectivity index (χ1n) is 7.52. The van der Waals surface area contributed by atoms with Crippen LogP contribution < -0.4 is 5.32 Å². The maximum atomic E-state index is 6.21. The summed E-state index contributed by atoms with van der Waals surface area (Å²) in [4.78, 5) is 2.41. The van der Waals surface area contributed by atoms with Crippen LogP contribution in [0.1, 0.15) is 13.8 Å². The number of benzene rings is 1. The van der Waals surface area contributed by atoms with Crippen molar-refractivity contribution in [1.29, 1.82) is 0 Å². The van der Waals surface area contributed by atoms with Crippen LogP contribution in [0, 0.1) is 0 Å². The summed E-state index contributed by atoms with van der Waals surface area (Å²) in [5, 5.41) is 5.94. The first kappa shape index (κ1) is 16.6. The Morgan fingerprint density at radius 3 is 2.62 bits per heavy atom. The molecule has 0 aliphatic rings. The SMILES string of the molecule is CCN(CC)CCNCCn1ccc2c(Cl)cc(Cl)cc21. The van der Waals surface area contributed by atoms with Gasteiger partial charge in [0.05, 0.1) is 10.5 Å². The van der Waals surface area contributed by atoms with E-state index in [-0.39, 0.29) is 0 Å². The van der Waals surface area contributed by atoms with Gasteiger partial charge in [-0.3, -0.25) is 0 Å². The van der Waals surface area contributed by atoms with Crippen molar-refractivity contribution in [2.24, 2.45) is 0 Å². The number of hydrogen-bond acceptors (Lipinski definition) is 2. The number of rotatable bonds is 8. The molecule has 116 valence electrons. The van der Waals surface area contributed by atoms with Crippen molar-refractivity contribution >= 4 is 34.1 Å². The third-order valence-corrected chi connectivity index (χ3v) is 4.36. The Hall–Kier alpha value is -0.740. The summed E-state index contributed by atoms with van der Waals surface area (Å²) in [5.74, 6) is 0. The summed E-state index contributed by atoms with van der Waals surface area (Å²) in [6, 6.07) is 5.81. The van der Waals surface area contributed by atoms with Crippen LogP contribution in [0.3, 0.4) is 0 Å². The normalized spacial score (nSPS) is 11.7. The van der Waals surface area contributed by atoms with Crippen LogP contribution in [0.4, 0.5) is 0 Å². The number of nitrogens with zero attached hydrogens (tertiary/aromatic N) is 2. The van der Waals surface area contributed by atoms with E-state index >= 15 is 0 Å². The first-order chi connectivity index (χ1) is 10.2. The Bertz CT molecular complexity index is 576. The van der Waals surface area contributed by atoms with Crippen LogP contribution in [0.5, 0.6) is 0 Å². The van der Waals surface area contributed by atoms with Crippen LogP contribution >= 0.6 is 23.2 Å². The molecule has 0 bridgehead atoms. The topological polar surface area (TPSA) is 20.2 Å². The standard InChI is InChI=1S/C16H23Cl2N3/c1-3-20(4-2)9-6-19-7-10-21-8-5-14-15(18)11-13(17)12-16(14)21/h5,8,11-12,19H,3-4,6-7,9-10H2,1-2H3. The smallest absolute Gasteiger partial charge is 0.0514 e. The minimum Gasteiger partial charge on any atom is -0.346 e. The summed E-state index contributed by atoms with van der Waals surface area (Å²) in [5.41, 5.74) is 1.10. The van der Waals surface area contributed by atoms with Gasteiger partial charge in [0.15, 0.2) is 0 Å². The molecule has 2 rings (SSSR count). The van der Waals surface area contributed by atoms with Gasteiger partial charge in [-0.2, -0.15) is 0 Å². The van der Waals surface area contributed by atoms with Gasteiger partial charge in [0.2, 0.25) is 0 Å². The van der Waals surface area contributed by atoms with Crippen molar-refractivity contribution < 1.29 is 0 Å². The molecule has 21 heavy (non-hydrogen) atoms. The van der Waals surface area contributed by atoms with E-state index in [2.05, 4.69) is 34.8 Å². The molecule has 0 unspecified atom stereocenters. The van der Waals surface area contributed by atoms with E-state index in [1.54, 1.807) is 6.07 Å². The lowest BCUT2D eigenvalue weighted by atomic mass is 10.2. The zero-order valence-corrected chi connectivity index (χ0v) is 14.2. The van der Waals surface area contributed by atoms with Gasteiger partial charge in [-0.1, -0.05) is 37.0 Å². The number of aromatic nitrogens is 1. The minimum atomic E-state index is 0.682. The fourth-order valence-corrected chi connectivity index (χ4v) is 3.06. The van der Waals surface area contributed by atoms with E-state index in [1.807, 2.05) is 12.1 Å². The lowest BCUT2D eigenvalue weighted by molar-refractivity contribution is 0.302. The number of halogens is 2. The van der Waals surface area contributed by atoms with Gasteiger partial charge in [0.1, 0.15) is 0 Å². The summed E-state index contributed by atoms with van der Waals surface area (Å²) < 4.78 is 2.19. The van der Waals surface area contributed by atoms with Gasteiger partial charge in [0.25, 0.3) is 0 Å². The average molecular weight is 328 g/mol. The molecule has 0 saturated carbocycles. The zero-order valence-electron chi connectivity index (χ0n) is 12.7. The maximum absolute atomic E-state index is 6.21. The molecule has 0 atom stereocenters. The highest BCUT2D eigenvalue weighted by Crippen LogP contribution is 2.28. The number of nitrogens with one attached hydrogen (secondary N) is 1. The lowest BCUT2D eigenvalue weighted by Crippen LogP contribution is -2.33. The van der Waals surface area contributed by atoms with Crippen LogP contribution in [-0.4, -0.2) is 42.2 Å². The molecule has 0 amide bonds. The molecule has 1 N–H and O–H groups in total. The summed E-state index contributed by atoms with van der Waals surface area (Å²) in [7, 11) is 0. The van der Waals surface area contributed by atoms with Gasteiger partial charge in [-0.05, 0) is 31.3 Å². The minimum absolute atomic E-state index is 0.682. The second-order valence-corrected chi connectivity index (χ2v) is 5.95. The van der Waals surface area contributed by atoms with Gasteiger partial charge in [-0.25, -0.2) is 0 Å². The van der Waals surface area contributed by atoms with Gasteiger partial charge in [0, 0.05) is 42.8 Å². The summed E-state index contributed by atoms with van der Waals surface area (Å²) in [6.07, 6.45) is 2.07. The first-order valence-corrected chi connectivity index (χ1v) is 8.28. The van der Waals surface area contributed by atoms with Crippen molar-refractivity contribution in [1.82, 2.24) is 14.8 Å². The van der Waals surface area contributed by atoms with Gasteiger partial charge in [-0.15, -0.1) is 0 Å². The van der Waals surface area contributed by atoms with E-state index < -0.39 is 0 Å². The second kappa shape index (κ2) is 8.04. The van der Waals surface area contributed by atoms with E-state index in [0.717, 1.165) is 50.2 Å².